The lowest BCUT2D eigenvalue weighted by Gasteiger charge is -2.02. The van der Waals surface area contributed by atoms with Gasteiger partial charge in [-0.2, -0.15) is 0 Å². The Hall–Kier alpha value is -2.97. The number of aliphatic carboxylic acids is 1. The molecule has 0 fully saturated rings. The molecule has 0 aromatic carbocycles. The van der Waals surface area contributed by atoms with Gasteiger partial charge in [-0.1, -0.05) is 5.21 Å². The molecule has 0 atom stereocenters. The van der Waals surface area contributed by atoms with Crippen LogP contribution in [0.25, 0.3) is 0 Å². The van der Waals surface area contributed by atoms with E-state index in [0.717, 1.165) is 0 Å². The van der Waals surface area contributed by atoms with Gasteiger partial charge in [0, 0.05) is 11.3 Å². The number of nitrogens with zero attached hydrogens (tertiary/aromatic N) is 3. The molecule has 0 bridgehead atoms. The second kappa shape index (κ2) is 6.42. The number of hydrogen-bond donors (Lipinski definition) is 3. The third kappa shape index (κ3) is 3.62. The predicted molar refractivity (Wildman–Crippen MR) is 79.1 cm³/mol. The molecule has 0 aliphatic heterocycles. The highest BCUT2D eigenvalue weighted by Crippen LogP contribution is 2.18. The van der Waals surface area contributed by atoms with Gasteiger partial charge >= 0.3 is 5.97 Å². The van der Waals surface area contributed by atoms with Crippen LogP contribution in [0.1, 0.15) is 44.7 Å². The highest BCUT2D eigenvalue weighted by molar-refractivity contribution is 6.02. The van der Waals surface area contributed by atoms with Crippen molar-refractivity contribution in [1.29, 1.82) is 0 Å². The largest absolute Gasteiger partial charge is 0.480 e. The van der Waals surface area contributed by atoms with Gasteiger partial charge in [0.2, 0.25) is 0 Å². The first-order valence-electron chi connectivity index (χ1n) is 6.88. The average Bonchev–Trinajstić information content (AvgIpc) is 2.99. The number of carbonyl (C=O) groups is 3. The number of Topliss-reactive ketones (excluding diaryl/α,β-unsaturated/α-hetero) is 1. The minimum absolute atomic E-state index is 0.103. The Balaban J connectivity index is 2.05. The Labute approximate surface area is 131 Å². The van der Waals surface area contributed by atoms with E-state index < -0.39 is 5.97 Å². The number of ketones is 1. The van der Waals surface area contributed by atoms with Gasteiger partial charge in [-0.15, -0.1) is 5.10 Å². The van der Waals surface area contributed by atoms with Crippen LogP contribution >= 0.6 is 0 Å². The molecule has 2 aromatic heterocycles. The number of amides is 1. The fraction of sp³-hybridized carbons (Fsp3) is 0.357. The topological polar surface area (TPSA) is 130 Å². The molecule has 0 spiro atoms. The molecule has 2 rings (SSSR count). The second-order valence-corrected chi connectivity index (χ2v) is 5.17. The number of H-pyrrole nitrogens is 1. The van der Waals surface area contributed by atoms with Crippen LogP contribution in [0.2, 0.25) is 0 Å². The summed E-state index contributed by atoms with van der Waals surface area (Å²) in [5.41, 5.74) is 2.52. The van der Waals surface area contributed by atoms with Crippen LogP contribution in [0, 0.1) is 13.8 Å². The van der Waals surface area contributed by atoms with Crippen molar-refractivity contribution in [3.63, 3.8) is 0 Å². The third-order valence-corrected chi connectivity index (χ3v) is 3.33. The lowest BCUT2D eigenvalue weighted by Crippen LogP contribution is -2.24. The van der Waals surface area contributed by atoms with E-state index in [0.29, 0.717) is 28.2 Å². The number of hydrogen-bond acceptors (Lipinski definition) is 5. The zero-order valence-electron chi connectivity index (χ0n) is 13.0. The molecule has 9 nitrogen and oxygen atoms in total. The van der Waals surface area contributed by atoms with Crippen molar-refractivity contribution < 1.29 is 19.5 Å². The molecule has 0 saturated carbocycles. The normalized spacial score (nSPS) is 10.6. The summed E-state index contributed by atoms with van der Waals surface area (Å²) in [6, 6.07) is 0. The van der Waals surface area contributed by atoms with Crippen LogP contribution in [0.3, 0.4) is 0 Å². The van der Waals surface area contributed by atoms with E-state index in [1.54, 1.807) is 13.8 Å². The Morgan fingerprint density at radius 2 is 2.04 bits per heavy atom. The molecule has 23 heavy (non-hydrogen) atoms. The summed E-state index contributed by atoms with van der Waals surface area (Å²) in [4.78, 5) is 37.3. The van der Waals surface area contributed by atoms with Gasteiger partial charge in [0.1, 0.15) is 17.9 Å². The first kappa shape index (κ1) is 16.4. The first-order valence-corrected chi connectivity index (χ1v) is 6.88. The molecule has 2 aromatic rings. The maximum Gasteiger partial charge on any atom is 0.325 e. The van der Waals surface area contributed by atoms with Crippen LogP contribution in [-0.2, 0) is 17.9 Å². The van der Waals surface area contributed by atoms with E-state index in [1.165, 1.54) is 17.8 Å². The van der Waals surface area contributed by atoms with Crippen molar-refractivity contribution in [2.24, 2.45) is 0 Å². The van der Waals surface area contributed by atoms with Gasteiger partial charge < -0.3 is 15.4 Å². The molecule has 0 saturated heterocycles. The van der Waals surface area contributed by atoms with E-state index in [1.807, 2.05) is 0 Å². The highest BCUT2D eigenvalue weighted by atomic mass is 16.4. The number of nitrogens with one attached hydrogen (secondary N) is 2. The van der Waals surface area contributed by atoms with E-state index >= 15 is 0 Å². The number of aryl methyl sites for hydroxylation is 1. The van der Waals surface area contributed by atoms with Gasteiger partial charge in [0.05, 0.1) is 12.7 Å². The van der Waals surface area contributed by atoms with Crippen molar-refractivity contribution in [3.8, 4) is 0 Å². The van der Waals surface area contributed by atoms with Crippen LogP contribution in [-0.4, -0.2) is 42.7 Å². The molecule has 122 valence electrons. The number of rotatable bonds is 6. The van der Waals surface area contributed by atoms with Crippen molar-refractivity contribution in [2.45, 2.75) is 33.9 Å². The molecule has 1 amide bonds. The minimum Gasteiger partial charge on any atom is -0.480 e. The Morgan fingerprint density at radius 1 is 1.35 bits per heavy atom. The van der Waals surface area contributed by atoms with Gasteiger partial charge in [0.25, 0.3) is 5.91 Å². The van der Waals surface area contributed by atoms with Crippen LogP contribution in [0.15, 0.2) is 6.20 Å². The summed E-state index contributed by atoms with van der Waals surface area (Å²) in [6.45, 7) is 4.70. The van der Waals surface area contributed by atoms with Gasteiger partial charge in [0.15, 0.2) is 5.78 Å². The maximum atomic E-state index is 12.2. The number of carboxylic acid groups (broad SMARTS) is 1. The summed E-state index contributed by atoms with van der Waals surface area (Å²) < 4.78 is 1.17. The van der Waals surface area contributed by atoms with E-state index in [9.17, 15) is 14.4 Å². The fourth-order valence-corrected chi connectivity index (χ4v) is 2.40. The summed E-state index contributed by atoms with van der Waals surface area (Å²) >= 11 is 0. The predicted octanol–water partition coefficient (Wildman–Crippen LogP) is 0.440. The molecule has 9 heteroatoms. The smallest absolute Gasteiger partial charge is 0.325 e. The summed E-state index contributed by atoms with van der Waals surface area (Å²) in [5.74, 6) is -1.50. The van der Waals surface area contributed by atoms with Gasteiger partial charge in [-0.3, -0.25) is 14.4 Å². The van der Waals surface area contributed by atoms with Crippen molar-refractivity contribution in [3.05, 3.63) is 34.4 Å². The maximum absolute atomic E-state index is 12.2. The third-order valence-electron chi connectivity index (χ3n) is 3.33. The van der Waals surface area contributed by atoms with Crippen molar-refractivity contribution >= 4 is 17.7 Å². The number of aromatic nitrogens is 4. The first-order chi connectivity index (χ1) is 10.8. The minimum atomic E-state index is -1.03. The van der Waals surface area contributed by atoms with E-state index in [2.05, 4.69) is 20.6 Å². The second-order valence-electron chi connectivity index (χ2n) is 5.17. The van der Waals surface area contributed by atoms with Crippen molar-refractivity contribution in [1.82, 2.24) is 25.3 Å². The van der Waals surface area contributed by atoms with Crippen molar-refractivity contribution in [2.75, 3.05) is 0 Å². The molecule has 0 unspecified atom stereocenters. The molecule has 0 radical (unpaired) electrons. The Kier molecular flexibility index (Phi) is 4.58. The molecule has 3 N–H and O–H groups in total. The quantitative estimate of drug-likeness (QED) is 0.662. The average molecular weight is 319 g/mol. The molecule has 0 aliphatic carbocycles. The number of aromatic amines is 1. The molecule has 2 heterocycles. The van der Waals surface area contributed by atoms with Gasteiger partial charge in [-0.25, -0.2) is 4.68 Å². The van der Waals surface area contributed by atoms with Crippen LogP contribution in [0.4, 0.5) is 0 Å². The summed E-state index contributed by atoms with van der Waals surface area (Å²) in [6.07, 6.45) is 1.45. The monoisotopic (exact) mass is 319 g/mol. The van der Waals surface area contributed by atoms with Crippen LogP contribution < -0.4 is 5.32 Å². The fourth-order valence-electron chi connectivity index (χ4n) is 2.40. The Morgan fingerprint density at radius 3 is 2.61 bits per heavy atom. The molecular weight excluding hydrogens is 302 g/mol. The zero-order chi connectivity index (χ0) is 17.1. The van der Waals surface area contributed by atoms with E-state index in [-0.39, 0.29) is 24.8 Å². The SMILES string of the molecule is CC(=O)c1c(C)[nH]c(C(=O)NCc2cn(CC(=O)O)nn2)c1C. The lowest BCUT2D eigenvalue weighted by molar-refractivity contribution is -0.137. The summed E-state index contributed by atoms with van der Waals surface area (Å²) in [5, 5.41) is 18.7. The Bertz CT molecular complexity index is 774. The van der Waals surface area contributed by atoms with Gasteiger partial charge in [-0.05, 0) is 26.3 Å². The number of carboxylic acids is 1. The molecule has 0 aliphatic rings. The summed E-state index contributed by atoms with van der Waals surface area (Å²) in [7, 11) is 0. The van der Waals surface area contributed by atoms with E-state index in [4.69, 9.17) is 5.11 Å². The highest BCUT2D eigenvalue weighted by Gasteiger charge is 2.19. The standard InChI is InChI=1S/C14H17N5O4/c1-7-12(9(3)20)8(2)16-13(7)14(23)15-4-10-5-19(18-17-10)6-11(21)22/h5,16H,4,6H2,1-3H3,(H,15,23)(H,21,22). The molecular formula is C14H17N5O4. The van der Waals surface area contributed by atoms with Crippen LogP contribution in [0.5, 0.6) is 0 Å². The zero-order valence-corrected chi connectivity index (χ0v) is 13.0. The lowest BCUT2D eigenvalue weighted by atomic mass is 10.1. The number of carbonyl (C=O) groups excluding carboxylic acids is 2.